The molecule has 0 spiro atoms. The third-order valence-electron chi connectivity index (χ3n) is 5.81. The number of hydrogen-bond acceptors (Lipinski definition) is 4. The summed E-state index contributed by atoms with van der Waals surface area (Å²) in [6.45, 7) is 5.29. The summed E-state index contributed by atoms with van der Waals surface area (Å²) >= 11 is 6.11. The zero-order valence-corrected chi connectivity index (χ0v) is 22.0. The lowest BCUT2D eigenvalue weighted by atomic mass is 9.88. The highest BCUT2D eigenvalue weighted by Crippen LogP contribution is 2.24. The van der Waals surface area contributed by atoms with E-state index in [-0.39, 0.29) is 29.0 Å². The van der Waals surface area contributed by atoms with Crippen molar-refractivity contribution >= 4 is 39.1 Å². The van der Waals surface area contributed by atoms with E-state index < -0.39 is 21.6 Å². The van der Waals surface area contributed by atoms with Crippen molar-refractivity contribution in [1.29, 1.82) is 0 Å². The Morgan fingerprint density at radius 3 is 2.29 bits per heavy atom. The van der Waals surface area contributed by atoms with E-state index in [1.54, 1.807) is 39.0 Å². The molecular formula is C26H34ClN3O4S. The number of amides is 2. The molecular weight excluding hydrogens is 486 g/mol. The predicted molar refractivity (Wildman–Crippen MR) is 139 cm³/mol. The Kier molecular flexibility index (Phi) is 8.96. The van der Waals surface area contributed by atoms with Crippen LogP contribution >= 0.6 is 11.6 Å². The molecule has 2 amide bonds. The fraction of sp³-hybridized carbons (Fsp3) is 0.462. The molecule has 7 nitrogen and oxygen atoms in total. The van der Waals surface area contributed by atoms with Crippen molar-refractivity contribution in [2.75, 3.05) is 5.32 Å². The molecule has 0 aromatic heterocycles. The molecule has 2 aromatic carbocycles. The molecule has 0 radical (unpaired) electrons. The van der Waals surface area contributed by atoms with Crippen molar-refractivity contribution in [3.05, 3.63) is 59.1 Å². The summed E-state index contributed by atoms with van der Waals surface area (Å²) in [5.74, 6) is -0.572. The van der Waals surface area contributed by atoms with Gasteiger partial charge in [-0.3, -0.25) is 9.59 Å². The van der Waals surface area contributed by atoms with Crippen molar-refractivity contribution in [1.82, 2.24) is 10.0 Å². The number of rotatable bonds is 8. The molecule has 0 aliphatic heterocycles. The van der Waals surface area contributed by atoms with Crippen LogP contribution in [0.25, 0.3) is 0 Å². The maximum absolute atomic E-state index is 13.2. The van der Waals surface area contributed by atoms with Gasteiger partial charge in [0.2, 0.25) is 21.8 Å². The molecule has 2 aromatic rings. The number of anilines is 1. The molecule has 0 heterocycles. The van der Waals surface area contributed by atoms with Crippen LogP contribution in [0.15, 0.2) is 53.4 Å². The SMILES string of the molecule is CC(C)(C)NS(=O)(=O)c1ccc(NC(=O)C(Cc2cccc(Cl)c2)NC(=O)C2CCCCC2)cc1. The summed E-state index contributed by atoms with van der Waals surface area (Å²) in [5, 5.41) is 6.30. The van der Waals surface area contributed by atoms with Gasteiger partial charge in [-0.05, 0) is 75.6 Å². The van der Waals surface area contributed by atoms with Gasteiger partial charge >= 0.3 is 0 Å². The lowest BCUT2D eigenvalue weighted by Gasteiger charge is -2.25. The number of nitrogens with one attached hydrogen (secondary N) is 3. The van der Waals surface area contributed by atoms with Crippen molar-refractivity contribution in [3.8, 4) is 0 Å². The standard InChI is InChI=1S/C26H34ClN3O4S/c1-26(2,3)30-35(33,34)22-14-12-21(13-15-22)28-25(32)23(17-18-8-7-11-20(27)16-18)29-24(31)19-9-5-4-6-10-19/h7-8,11-16,19,23,30H,4-6,9-10,17H2,1-3H3,(H,28,32)(H,29,31). The number of carbonyl (C=O) groups is 2. The largest absolute Gasteiger partial charge is 0.344 e. The summed E-state index contributed by atoms with van der Waals surface area (Å²) in [6, 6.07) is 12.4. The predicted octanol–water partition coefficient (Wildman–Crippen LogP) is 4.66. The van der Waals surface area contributed by atoms with Gasteiger partial charge in [0.05, 0.1) is 4.90 Å². The minimum absolute atomic E-state index is 0.0850. The second-order valence-electron chi connectivity index (χ2n) is 10.1. The van der Waals surface area contributed by atoms with E-state index >= 15 is 0 Å². The molecule has 35 heavy (non-hydrogen) atoms. The third-order valence-corrected chi connectivity index (χ3v) is 7.82. The Labute approximate surface area is 213 Å². The molecule has 3 rings (SSSR count). The first kappa shape index (κ1) is 27.2. The van der Waals surface area contributed by atoms with E-state index in [0.717, 1.165) is 37.7 Å². The van der Waals surface area contributed by atoms with Crippen LogP contribution in [0.4, 0.5) is 5.69 Å². The minimum atomic E-state index is -3.68. The topological polar surface area (TPSA) is 104 Å². The smallest absolute Gasteiger partial charge is 0.247 e. The van der Waals surface area contributed by atoms with Crippen LogP contribution in [0.2, 0.25) is 5.02 Å². The molecule has 3 N–H and O–H groups in total. The highest BCUT2D eigenvalue weighted by atomic mass is 35.5. The van der Waals surface area contributed by atoms with Gasteiger partial charge in [0.15, 0.2) is 0 Å². The average Bonchev–Trinajstić information content (AvgIpc) is 2.78. The molecule has 190 valence electrons. The molecule has 1 fully saturated rings. The van der Waals surface area contributed by atoms with Crippen molar-refractivity contribution in [2.45, 2.75) is 75.8 Å². The van der Waals surface area contributed by atoms with Crippen LogP contribution in [-0.2, 0) is 26.0 Å². The number of sulfonamides is 1. The van der Waals surface area contributed by atoms with Crippen molar-refractivity contribution < 1.29 is 18.0 Å². The summed E-state index contributed by atoms with van der Waals surface area (Å²) in [5.41, 5.74) is 0.652. The number of halogens is 1. The summed E-state index contributed by atoms with van der Waals surface area (Å²) in [7, 11) is -3.68. The van der Waals surface area contributed by atoms with Crippen molar-refractivity contribution in [3.63, 3.8) is 0 Å². The maximum Gasteiger partial charge on any atom is 0.247 e. The van der Waals surface area contributed by atoms with Gasteiger partial charge in [0.1, 0.15) is 6.04 Å². The first-order valence-corrected chi connectivity index (χ1v) is 13.8. The Morgan fingerprint density at radius 1 is 1.03 bits per heavy atom. The normalized spacial score (nSPS) is 15.9. The molecule has 9 heteroatoms. The van der Waals surface area contributed by atoms with Crippen LogP contribution in [0.5, 0.6) is 0 Å². The Balaban J connectivity index is 1.74. The van der Waals surface area contributed by atoms with E-state index in [2.05, 4.69) is 15.4 Å². The second kappa shape index (κ2) is 11.5. The van der Waals surface area contributed by atoms with Gasteiger partial charge in [0, 0.05) is 28.6 Å². The first-order chi connectivity index (χ1) is 16.4. The van der Waals surface area contributed by atoms with Crippen LogP contribution in [0, 0.1) is 5.92 Å². The zero-order valence-electron chi connectivity index (χ0n) is 20.4. The highest BCUT2D eigenvalue weighted by Gasteiger charge is 2.27. The van der Waals surface area contributed by atoms with Crippen LogP contribution in [0.3, 0.4) is 0 Å². The Bertz CT molecular complexity index is 1140. The molecule has 1 unspecified atom stereocenters. The Hall–Kier alpha value is -2.42. The molecule has 1 aliphatic carbocycles. The molecule has 0 bridgehead atoms. The summed E-state index contributed by atoms with van der Waals surface area (Å²) in [4.78, 5) is 26.2. The zero-order chi connectivity index (χ0) is 25.6. The molecule has 0 saturated heterocycles. The van der Waals surface area contributed by atoms with Gasteiger partial charge in [0.25, 0.3) is 0 Å². The average molecular weight is 520 g/mol. The van der Waals surface area contributed by atoms with Crippen LogP contribution < -0.4 is 15.4 Å². The van der Waals surface area contributed by atoms with E-state index in [0.29, 0.717) is 10.7 Å². The fourth-order valence-electron chi connectivity index (χ4n) is 4.17. The highest BCUT2D eigenvalue weighted by molar-refractivity contribution is 7.89. The van der Waals surface area contributed by atoms with Gasteiger partial charge in [-0.15, -0.1) is 0 Å². The fourth-order valence-corrected chi connectivity index (χ4v) is 5.80. The van der Waals surface area contributed by atoms with Gasteiger partial charge in [-0.25, -0.2) is 13.1 Å². The Morgan fingerprint density at radius 2 is 1.69 bits per heavy atom. The number of carbonyl (C=O) groups excluding carboxylic acids is 2. The summed E-state index contributed by atoms with van der Waals surface area (Å²) in [6.07, 6.45) is 5.11. The lowest BCUT2D eigenvalue weighted by molar-refractivity contribution is -0.130. The quantitative estimate of drug-likeness (QED) is 0.471. The van der Waals surface area contributed by atoms with Gasteiger partial charge in [-0.1, -0.05) is 43.0 Å². The molecule has 1 atom stereocenters. The van der Waals surface area contributed by atoms with Gasteiger partial charge < -0.3 is 10.6 Å². The summed E-state index contributed by atoms with van der Waals surface area (Å²) < 4.78 is 27.7. The van der Waals surface area contributed by atoms with Gasteiger partial charge in [-0.2, -0.15) is 0 Å². The minimum Gasteiger partial charge on any atom is -0.344 e. The monoisotopic (exact) mass is 519 g/mol. The van der Waals surface area contributed by atoms with Crippen molar-refractivity contribution in [2.24, 2.45) is 5.92 Å². The maximum atomic E-state index is 13.2. The van der Waals surface area contributed by atoms with E-state index in [4.69, 9.17) is 11.6 Å². The second-order valence-corrected chi connectivity index (χ2v) is 12.2. The number of benzene rings is 2. The van der Waals surface area contributed by atoms with Crippen LogP contribution in [0.1, 0.15) is 58.4 Å². The first-order valence-electron chi connectivity index (χ1n) is 11.9. The van der Waals surface area contributed by atoms with E-state index in [1.165, 1.54) is 24.3 Å². The van der Waals surface area contributed by atoms with Crippen LogP contribution in [-0.4, -0.2) is 31.8 Å². The van der Waals surface area contributed by atoms with E-state index in [9.17, 15) is 18.0 Å². The number of hydrogen-bond donors (Lipinski definition) is 3. The van der Waals surface area contributed by atoms with E-state index in [1.807, 2.05) is 6.07 Å². The third kappa shape index (κ3) is 8.33. The molecule has 1 saturated carbocycles. The molecule has 1 aliphatic rings. The lowest BCUT2D eigenvalue weighted by Crippen LogP contribution is -2.47.